The number of nitrogens with zero attached hydrogens (tertiary/aromatic N) is 1. The number of benzene rings is 1. The Labute approximate surface area is 80.9 Å². The largest absolute Gasteiger partial charge is 0.377 e. The molecule has 0 spiro atoms. The molecule has 1 rings (SSSR count). The van der Waals surface area contributed by atoms with Gasteiger partial charge in [-0.1, -0.05) is 0 Å². The van der Waals surface area contributed by atoms with E-state index in [2.05, 4.69) is 0 Å². The summed E-state index contributed by atoms with van der Waals surface area (Å²) in [5, 5.41) is 8.50. The van der Waals surface area contributed by atoms with Gasteiger partial charge in [0.15, 0.2) is 11.6 Å². The molecule has 3 nitrogen and oxygen atoms in total. The minimum Gasteiger partial charge on any atom is -0.377 e. The number of anilines is 1. The Hall–Kier alpha value is -1.20. The zero-order valence-corrected chi connectivity index (χ0v) is 8.01. The first-order chi connectivity index (χ1) is 6.56. The molecule has 0 saturated carbocycles. The fraction of sp³-hybridized carbons (Fsp3) is 0.333. The molecule has 1 aromatic carbocycles. The van der Waals surface area contributed by atoms with Crippen LogP contribution in [0.4, 0.5) is 14.5 Å². The maximum Gasteiger partial charge on any atom is 0.160 e. The molecule has 0 aliphatic carbocycles. The highest BCUT2D eigenvalue weighted by Gasteiger charge is 2.10. The number of hydroxylamine groups is 1. The van der Waals surface area contributed by atoms with Gasteiger partial charge < -0.3 is 10.1 Å². The molecular formula is C9H12F2N2O. The van der Waals surface area contributed by atoms with Crippen LogP contribution in [0.5, 0.6) is 0 Å². The molecule has 0 aliphatic heterocycles. The summed E-state index contributed by atoms with van der Waals surface area (Å²) in [5.74, 6) is -1.81. The second kappa shape index (κ2) is 4.34. The number of nitrogens with one attached hydrogen (secondary N) is 1. The number of hydrogen-bond donors (Lipinski definition) is 2. The lowest BCUT2D eigenvalue weighted by molar-refractivity contribution is 0.161. The molecule has 0 amide bonds. The molecule has 0 aromatic heterocycles. The van der Waals surface area contributed by atoms with Crippen molar-refractivity contribution in [2.75, 3.05) is 19.0 Å². The molecule has 78 valence electrons. The number of halogens is 2. The fourth-order valence-corrected chi connectivity index (χ4v) is 1.22. The van der Waals surface area contributed by atoms with E-state index in [0.717, 1.165) is 12.1 Å². The van der Waals surface area contributed by atoms with Gasteiger partial charge in [-0.15, -0.1) is 0 Å². The predicted octanol–water partition coefficient (Wildman–Crippen LogP) is 1.51. The Morgan fingerprint density at radius 1 is 1.29 bits per heavy atom. The van der Waals surface area contributed by atoms with Gasteiger partial charge in [-0.05, 0) is 11.6 Å². The molecule has 0 unspecified atom stereocenters. The van der Waals surface area contributed by atoms with E-state index in [-0.39, 0.29) is 6.54 Å². The predicted molar refractivity (Wildman–Crippen MR) is 49.3 cm³/mol. The number of hydrogen-bond acceptors (Lipinski definition) is 3. The third-order valence-electron chi connectivity index (χ3n) is 1.87. The van der Waals surface area contributed by atoms with Crippen LogP contribution in [0.1, 0.15) is 5.56 Å². The van der Waals surface area contributed by atoms with E-state index in [1.807, 2.05) is 5.48 Å². The van der Waals surface area contributed by atoms with Crippen molar-refractivity contribution in [3.05, 3.63) is 29.3 Å². The average molecular weight is 202 g/mol. The summed E-state index contributed by atoms with van der Waals surface area (Å²) in [7, 11) is 3.43. The van der Waals surface area contributed by atoms with Gasteiger partial charge in [-0.2, -0.15) is 0 Å². The van der Waals surface area contributed by atoms with Gasteiger partial charge in [0, 0.05) is 32.4 Å². The van der Waals surface area contributed by atoms with Gasteiger partial charge in [0.2, 0.25) is 0 Å². The molecular weight excluding hydrogens is 190 g/mol. The maximum absolute atomic E-state index is 12.9. The van der Waals surface area contributed by atoms with E-state index in [1.54, 1.807) is 19.0 Å². The average Bonchev–Trinajstić information content (AvgIpc) is 2.11. The Kier molecular flexibility index (Phi) is 3.38. The molecule has 5 heteroatoms. The normalized spacial score (nSPS) is 10.4. The first-order valence-corrected chi connectivity index (χ1v) is 4.08. The third kappa shape index (κ3) is 2.18. The molecule has 0 radical (unpaired) electrons. The maximum atomic E-state index is 12.9. The smallest absolute Gasteiger partial charge is 0.160 e. The number of rotatable bonds is 3. The van der Waals surface area contributed by atoms with Gasteiger partial charge in [0.25, 0.3) is 0 Å². The van der Waals surface area contributed by atoms with Crippen LogP contribution in [-0.4, -0.2) is 19.3 Å². The molecule has 0 heterocycles. The van der Waals surface area contributed by atoms with Crippen LogP contribution in [0.15, 0.2) is 12.1 Å². The van der Waals surface area contributed by atoms with Crippen molar-refractivity contribution >= 4 is 5.69 Å². The summed E-state index contributed by atoms with van der Waals surface area (Å²) in [4.78, 5) is 1.65. The minimum atomic E-state index is -0.916. The van der Waals surface area contributed by atoms with Crippen LogP contribution in [0, 0.1) is 11.6 Å². The quantitative estimate of drug-likeness (QED) is 0.729. The van der Waals surface area contributed by atoms with Crippen LogP contribution in [0.2, 0.25) is 0 Å². The Bertz CT molecular complexity index is 329. The molecule has 0 bridgehead atoms. The highest BCUT2D eigenvalue weighted by molar-refractivity contribution is 5.53. The molecule has 0 fully saturated rings. The summed E-state index contributed by atoms with van der Waals surface area (Å²) < 4.78 is 25.7. The minimum absolute atomic E-state index is 0.0741. The van der Waals surface area contributed by atoms with Crippen LogP contribution >= 0.6 is 0 Å². The summed E-state index contributed by atoms with van der Waals surface area (Å²) >= 11 is 0. The second-order valence-electron chi connectivity index (χ2n) is 3.12. The van der Waals surface area contributed by atoms with Gasteiger partial charge in [0.1, 0.15) is 0 Å². The zero-order chi connectivity index (χ0) is 10.7. The first-order valence-electron chi connectivity index (χ1n) is 4.08. The van der Waals surface area contributed by atoms with E-state index in [9.17, 15) is 8.78 Å². The van der Waals surface area contributed by atoms with Gasteiger partial charge in [0.05, 0.1) is 0 Å². The molecule has 0 saturated heterocycles. The molecule has 0 atom stereocenters. The van der Waals surface area contributed by atoms with E-state index in [1.165, 1.54) is 0 Å². The van der Waals surface area contributed by atoms with E-state index in [0.29, 0.717) is 11.3 Å². The van der Waals surface area contributed by atoms with Crippen LogP contribution in [0.3, 0.4) is 0 Å². The Morgan fingerprint density at radius 3 is 2.36 bits per heavy atom. The Morgan fingerprint density at radius 2 is 1.86 bits per heavy atom. The Balaban J connectivity index is 3.17. The van der Waals surface area contributed by atoms with Crippen molar-refractivity contribution in [3.63, 3.8) is 0 Å². The standard InChI is InChI=1S/C9H12F2N2O/c1-13(2)9-4-8(11)7(10)3-6(9)5-12-14/h3-4,12,14H,5H2,1-2H3. The highest BCUT2D eigenvalue weighted by Crippen LogP contribution is 2.22. The fourth-order valence-electron chi connectivity index (χ4n) is 1.22. The van der Waals surface area contributed by atoms with Gasteiger partial charge in [-0.3, -0.25) is 0 Å². The van der Waals surface area contributed by atoms with E-state index >= 15 is 0 Å². The third-order valence-corrected chi connectivity index (χ3v) is 1.87. The van der Waals surface area contributed by atoms with Crippen molar-refractivity contribution in [1.29, 1.82) is 0 Å². The van der Waals surface area contributed by atoms with Crippen LogP contribution in [-0.2, 0) is 6.54 Å². The van der Waals surface area contributed by atoms with Crippen LogP contribution < -0.4 is 10.4 Å². The second-order valence-corrected chi connectivity index (χ2v) is 3.12. The van der Waals surface area contributed by atoms with Crippen molar-refractivity contribution in [1.82, 2.24) is 5.48 Å². The summed E-state index contributed by atoms with van der Waals surface area (Å²) in [6.07, 6.45) is 0. The lowest BCUT2D eigenvalue weighted by atomic mass is 10.1. The topological polar surface area (TPSA) is 35.5 Å². The van der Waals surface area contributed by atoms with Crippen molar-refractivity contribution < 1.29 is 14.0 Å². The van der Waals surface area contributed by atoms with Gasteiger partial charge >= 0.3 is 0 Å². The van der Waals surface area contributed by atoms with Crippen molar-refractivity contribution in [2.45, 2.75) is 6.54 Å². The van der Waals surface area contributed by atoms with Crippen LogP contribution in [0.25, 0.3) is 0 Å². The van der Waals surface area contributed by atoms with Crippen molar-refractivity contribution in [3.8, 4) is 0 Å². The zero-order valence-electron chi connectivity index (χ0n) is 8.01. The molecule has 1 aromatic rings. The monoisotopic (exact) mass is 202 g/mol. The lowest BCUT2D eigenvalue weighted by Crippen LogP contribution is -2.16. The summed E-state index contributed by atoms with van der Waals surface area (Å²) in [6, 6.07) is 2.16. The van der Waals surface area contributed by atoms with Crippen molar-refractivity contribution in [2.24, 2.45) is 0 Å². The highest BCUT2D eigenvalue weighted by atomic mass is 19.2. The summed E-state index contributed by atoms with van der Waals surface area (Å²) in [6.45, 7) is 0.0741. The summed E-state index contributed by atoms with van der Waals surface area (Å²) in [5.41, 5.74) is 2.94. The lowest BCUT2D eigenvalue weighted by Gasteiger charge is -2.17. The molecule has 14 heavy (non-hydrogen) atoms. The first kappa shape index (κ1) is 10.9. The molecule has 0 aliphatic rings. The van der Waals surface area contributed by atoms with Gasteiger partial charge in [-0.25, -0.2) is 14.3 Å². The molecule has 2 N–H and O–H groups in total. The van der Waals surface area contributed by atoms with E-state index < -0.39 is 11.6 Å². The van der Waals surface area contributed by atoms with E-state index in [4.69, 9.17) is 5.21 Å². The SMILES string of the molecule is CN(C)c1cc(F)c(F)cc1CNO.